The van der Waals surface area contributed by atoms with Crippen molar-refractivity contribution in [2.24, 2.45) is 5.73 Å². The van der Waals surface area contributed by atoms with E-state index >= 15 is 0 Å². The summed E-state index contributed by atoms with van der Waals surface area (Å²) < 4.78 is 27.4. The summed E-state index contributed by atoms with van der Waals surface area (Å²) in [6.45, 7) is 1.16. The van der Waals surface area contributed by atoms with Gasteiger partial charge in [0.15, 0.2) is 0 Å². The molecule has 0 saturated heterocycles. The molecule has 4 N–H and O–H groups in total. The van der Waals surface area contributed by atoms with Gasteiger partial charge in [0.05, 0.1) is 16.8 Å². The number of nitrogens with one attached hydrogen (secondary N) is 2. The average molecular weight is 408 g/mol. The van der Waals surface area contributed by atoms with E-state index < -0.39 is 5.82 Å². The number of aromatic amines is 1. The number of carbonyl (C=O) groups is 1. The zero-order valence-corrected chi connectivity index (χ0v) is 16.3. The summed E-state index contributed by atoms with van der Waals surface area (Å²) >= 11 is 0. The number of rotatable bonds is 7. The van der Waals surface area contributed by atoms with Crippen molar-refractivity contribution in [1.29, 1.82) is 0 Å². The lowest BCUT2D eigenvalue weighted by Gasteiger charge is -2.11. The fraction of sp³-hybridized carbons (Fsp3) is 0.217. The van der Waals surface area contributed by atoms with Crippen LogP contribution in [0, 0.1) is 11.6 Å². The topological polar surface area (TPSA) is 83.8 Å². The number of aromatic nitrogens is 2. The van der Waals surface area contributed by atoms with Crippen LogP contribution in [0.15, 0.2) is 48.7 Å². The van der Waals surface area contributed by atoms with Crippen molar-refractivity contribution >= 4 is 27.7 Å². The number of nitrogens with zero attached hydrogens (tertiary/aromatic N) is 1. The van der Waals surface area contributed by atoms with E-state index in [9.17, 15) is 13.6 Å². The first kappa shape index (κ1) is 20.0. The Balaban J connectivity index is 1.75. The Morgan fingerprint density at radius 1 is 1.00 bits per heavy atom. The molecule has 0 bridgehead atoms. The molecule has 0 aliphatic rings. The first-order valence-corrected chi connectivity index (χ1v) is 9.92. The van der Waals surface area contributed by atoms with Crippen molar-refractivity contribution in [3.63, 3.8) is 0 Å². The number of halogens is 2. The monoisotopic (exact) mass is 408 g/mol. The molecule has 0 radical (unpaired) electrons. The third-order valence-corrected chi connectivity index (χ3v) is 5.10. The van der Waals surface area contributed by atoms with Gasteiger partial charge in [-0.25, -0.2) is 13.8 Å². The van der Waals surface area contributed by atoms with Gasteiger partial charge in [0.1, 0.15) is 11.6 Å². The van der Waals surface area contributed by atoms with Crippen molar-refractivity contribution in [2.45, 2.75) is 19.3 Å². The molecular weight excluding hydrogens is 386 g/mol. The van der Waals surface area contributed by atoms with Crippen molar-refractivity contribution in [1.82, 2.24) is 15.3 Å². The van der Waals surface area contributed by atoms with Gasteiger partial charge in [-0.3, -0.25) is 4.79 Å². The molecule has 0 aliphatic heterocycles. The Bertz CT molecular complexity index is 1220. The molecule has 154 valence electrons. The fourth-order valence-electron chi connectivity index (χ4n) is 3.58. The second-order valence-corrected chi connectivity index (χ2v) is 7.21. The first-order valence-electron chi connectivity index (χ1n) is 9.92. The van der Waals surface area contributed by atoms with Gasteiger partial charge < -0.3 is 16.0 Å². The summed E-state index contributed by atoms with van der Waals surface area (Å²) in [5.41, 5.74) is 8.16. The lowest BCUT2D eigenvalue weighted by Crippen LogP contribution is -2.25. The minimum absolute atomic E-state index is 0.242. The molecule has 1 amide bonds. The molecule has 0 fully saturated rings. The summed E-state index contributed by atoms with van der Waals surface area (Å²) in [7, 11) is 0. The molecule has 4 aromatic rings. The minimum atomic E-state index is -0.429. The van der Waals surface area contributed by atoms with Crippen LogP contribution < -0.4 is 11.1 Å². The van der Waals surface area contributed by atoms with E-state index in [1.54, 1.807) is 24.4 Å². The Morgan fingerprint density at radius 3 is 2.57 bits per heavy atom. The summed E-state index contributed by atoms with van der Waals surface area (Å²) in [4.78, 5) is 20.5. The van der Waals surface area contributed by atoms with Crippen LogP contribution in [0.3, 0.4) is 0 Å². The molecule has 2 aromatic carbocycles. The van der Waals surface area contributed by atoms with Crippen LogP contribution in [0.5, 0.6) is 0 Å². The second kappa shape index (κ2) is 8.59. The standard InChI is InChI=1S/C23H22F2N4O/c24-14-5-7-17-19(13-28-20(17)10-14)22-12-18(23(30)27-9-3-1-2-8-26)16-6-4-15(25)11-21(16)29-22/h4-7,10-13,28H,1-3,8-9,26H2,(H,27,30). The molecular formula is C23H22F2N4O. The highest BCUT2D eigenvalue weighted by Crippen LogP contribution is 2.31. The maximum absolute atomic E-state index is 13.9. The van der Waals surface area contributed by atoms with Crippen LogP contribution in [-0.4, -0.2) is 29.0 Å². The highest BCUT2D eigenvalue weighted by molar-refractivity contribution is 6.08. The number of carbonyl (C=O) groups excluding carboxylic acids is 1. The van der Waals surface area contributed by atoms with Gasteiger partial charge in [-0.1, -0.05) is 6.42 Å². The zero-order chi connectivity index (χ0) is 21.1. The van der Waals surface area contributed by atoms with E-state index in [1.165, 1.54) is 24.3 Å². The van der Waals surface area contributed by atoms with Crippen LogP contribution in [0.4, 0.5) is 8.78 Å². The third kappa shape index (κ3) is 4.02. The molecule has 0 saturated carbocycles. The van der Waals surface area contributed by atoms with Crippen molar-refractivity contribution < 1.29 is 13.6 Å². The van der Waals surface area contributed by atoms with Gasteiger partial charge in [-0.15, -0.1) is 0 Å². The number of hydrogen-bond acceptors (Lipinski definition) is 3. The summed E-state index contributed by atoms with van der Waals surface area (Å²) in [5, 5.41) is 4.27. The number of unbranched alkanes of at least 4 members (excludes halogenated alkanes) is 2. The van der Waals surface area contributed by atoms with Crippen molar-refractivity contribution in [3.8, 4) is 11.3 Å². The van der Waals surface area contributed by atoms with Gasteiger partial charge in [0.2, 0.25) is 0 Å². The predicted molar refractivity (Wildman–Crippen MR) is 114 cm³/mol. The number of hydrogen-bond donors (Lipinski definition) is 3. The Labute approximate surface area is 172 Å². The van der Waals surface area contributed by atoms with Gasteiger partial charge in [-0.2, -0.15) is 0 Å². The number of H-pyrrole nitrogens is 1. The Morgan fingerprint density at radius 2 is 1.77 bits per heavy atom. The van der Waals surface area contributed by atoms with Gasteiger partial charge >= 0.3 is 0 Å². The van der Waals surface area contributed by atoms with Gasteiger partial charge in [-0.05, 0) is 55.8 Å². The largest absolute Gasteiger partial charge is 0.360 e. The molecule has 4 rings (SSSR count). The predicted octanol–water partition coefficient (Wildman–Crippen LogP) is 4.52. The Kier molecular flexibility index (Phi) is 5.72. The SMILES string of the molecule is NCCCCCNC(=O)c1cc(-c2c[nH]c3cc(F)ccc23)nc2cc(F)ccc12. The van der Waals surface area contributed by atoms with E-state index in [0.717, 1.165) is 24.6 Å². The quantitative estimate of drug-likeness (QED) is 0.393. The summed E-state index contributed by atoms with van der Waals surface area (Å²) in [5.74, 6) is -1.02. The van der Waals surface area contributed by atoms with Crippen LogP contribution in [0.2, 0.25) is 0 Å². The van der Waals surface area contributed by atoms with E-state index in [-0.39, 0.29) is 11.7 Å². The Hall–Kier alpha value is -3.32. The molecule has 0 aliphatic carbocycles. The lowest BCUT2D eigenvalue weighted by atomic mass is 10.0. The van der Waals surface area contributed by atoms with Crippen molar-refractivity contribution in [3.05, 3.63) is 65.9 Å². The molecule has 0 atom stereocenters. The summed E-state index contributed by atoms with van der Waals surface area (Å²) in [6.07, 6.45) is 4.41. The number of benzene rings is 2. The normalized spacial score (nSPS) is 11.3. The molecule has 7 heteroatoms. The van der Waals surface area contributed by atoms with Gasteiger partial charge in [0.25, 0.3) is 5.91 Å². The molecule has 30 heavy (non-hydrogen) atoms. The number of pyridine rings is 1. The number of fused-ring (bicyclic) bond motifs is 2. The highest BCUT2D eigenvalue weighted by atomic mass is 19.1. The third-order valence-electron chi connectivity index (χ3n) is 5.10. The maximum atomic E-state index is 13.9. The van der Waals surface area contributed by atoms with E-state index in [1.807, 2.05) is 0 Å². The lowest BCUT2D eigenvalue weighted by molar-refractivity contribution is 0.0954. The summed E-state index contributed by atoms with van der Waals surface area (Å²) in [6, 6.07) is 10.3. The molecule has 2 aromatic heterocycles. The van der Waals surface area contributed by atoms with Gasteiger partial charge in [0, 0.05) is 40.7 Å². The van der Waals surface area contributed by atoms with Crippen LogP contribution >= 0.6 is 0 Å². The molecule has 0 unspecified atom stereocenters. The van der Waals surface area contributed by atoms with Crippen LogP contribution in [-0.2, 0) is 0 Å². The molecule has 2 heterocycles. The molecule has 5 nitrogen and oxygen atoms in total. The fourth-order valence-corrected chi connectivity index (χ4v) is 3.58. The first-order chi connectivity index (χ1) is 14.6. The second-order valence-electron chi connectivity index (χ2n) is 7.21. The highest BCUT2D eigenvalue weighted by Gasteiger charge is 2.16. The zero-order valence-electron chi connectivity index (χ0n) is 16.3. The minimum Gasteiger partial charge on any atom is -0.360 e. The average Bonchev–Trinajstić information content (AvgIpc) is 3.15. The number of amides is 1. The van der Waals surface area contributed by atoms with E-state index in [0.29, 0.717) is 46.3 Å². The van der Waals surface area contributed by atoms with Crippen LogP contribution in [0.25, 0.3) is 33.1 Å². The van der Waals surface area contributed by atoms with E-state index in [4.69, 9.17) is 5.73 Å². The van der Waals surface area contributed by atoms with Crippen LogP contribution in [0.1, 0.15) is 29.6 Å². The number of nitrogens with two attached hydrogens (primary N) is 1. The van der Waals surface area contributed by atoms with Crippen molar-refractivity contribution in [2.75, 3.05) is 13.1 Å². The maximum Gasteiger partial charge on any atom is 0.252 e. The smallest absolute Gasteiger partial charge is 0.252 e. The van der Waals surface area contributed by atoms with E-state index in [2.05, 4.69) is 15.3 Å². The molecule has 0 spiro atoms.